The van der Waals surface area contributed by atoms with Crippen molar-refractivity contribution in [2.45, 2.75) is 0 Å². The zero-order chi connectivity index (χ0) is 15.2. The molecule has 2 aromatic heterocycles. The van der Waals surface area contributed by atoms with Gasteiger partial charge in [-0.05, 0) is 41.8 Å². The number of ether oxygens (including phenoxy) is 2. The highest BCUT2D eigenvalue weighted by Gasteiger charge is 2.17. The lowest BCUT2D eigenvalue weighted by atomic mass is 10.1. The Bertz CT molecular complexity index is 1020. The minimum Gasteiger partial charge on any atom is -0.454 e. The van der Waals surface area contributed by atoms with Gasteiger partial charge in [0, 0.05) is 22.8 Å². The fourth-order valence-corrected chi connectivity index (χ4v) is 2.67. The van der Waals surface area contributed by atoms with Crippen molar-refractivity contribution in [3.63, 3.8) is 0 Å². The molecule has 4 aromatic rings. The number of hydrogen-bond acceptors (Lipinski definition) is 5. The van der Waals surface area contributed by atoms with Crippen molar-refractivity contribution < 1.29 is 14.0 Å². The molecule has 23 heavy (non-hydrogen) atoms. The highest BCUT2D eigenvalue weighted by molar-refractivity contribution is 5.83. The van der Waals surface area contributed by atoms with E-state index in [0.717, 1.165) is 27.8 Å². The minimum atomic E-state index is 0.243. The number of aromatic nitrogens is 3. The molecule has 5 rings (SSSR count). The molecular formula is C17H11N3O3. The summed E-state index contributed by atoms with van der Waals surface area (Å²) in [6.45, 7) is 0.243. The molecule has 0 fully saturated rings. The minimum absolute atomic E-state index is 0.243. The number of rotatable bonds is 2. The summed E-state index contributed by atoms with van der Waals surface area (Å²) in [6.07, 6.45) is 1.90. The summed E-state index contributed by atoms with van der Waals surface area (Å²) in [4.78, 5) is 7.66. The lowest BCUT2D eigenvalue weighted by Crippen LogP contribution is -1.92. The van der Waals surface area contributed by atoms with Crippen LogP contribution in [0.25, 0.3) is 33.7 Å². The fraction of sp³-hybridized carbons (Fsp3) is 0.0588. The number of H-pyrrole nitrogens is 1. The van der Waals surface area contributed by atoms with Crippen LogP contribution in [0.15, 0.2) is 53.2 Å². The Kier molecular flexibility index (Phi) is 2.46. The van der Waals surface area contributed by atoms with Crippen molar-refractivity contribution in [1.82, 2.24) is 15.1 Å². The zero-order valence-electron chi connectivity index (χ0n) is 11.9. The molecule has 3 heterocycles. The predicted molar refractivity (Wildman–Crippen MR) is 83.1 cm³/mol. The Balaban J connectivity index is 1.54. The monoisotopic (exact) mass is 305 g/mol. The average molecular weight is 305 g/mol. The molecule has 112 valence electrons. The standard InChI is InChI=1S/C17H11N3O3/c1-2-12(7-13-10(1)5-6-18-13)17-19-16(20-23-17)11-3-4-14-15(8-11)22-9-21-14/h1-8,18H,9H2. The summed E-state index contributed by atoms with van der Waals surface area (Å²) in [5.74, 6) is 2.43. The second-order valence-electron chi connectivity index (χ2n) is 5.27. The van der Waals surface area contributed by atoms with Crippen LogP contribution in [-0.2, 0) is 0 Å². The van der Waals surface area contributed by atoms with Crippen LogP contribution in [0.3, 0.4) is 0 Å². The third-order valence-electron chi connectivity index (χ3n) is 3.86. The van der Waals surface area contributed by atoms with E-state index in [0.29, 0.717) is 17.5 Å². The van der Waals surface area contributed by atoms with Crippen LogP contribution in [0, 0.1) is 0 Å². The number of fused-ring (bicyclic) bond motifs is 2. The SMILES string of the molecule is c1cc2ccc(-c3nc(-c4ccc5c(c4)OCO5)no3)cc2[nH]1. The first kappa shape index (κ1) is 12.3. The molecule has 0 unspecified atom stereocenters. The number of benzene rings is 2. The van der Waals surface area contributed by atoms with E-state index >= 15 is 0 Å². The maximum absolute atomic E-state index is 5.40. The van der Waals surface area contributed by atoms with Crippen molar-refractivity contribution in [3.05, 3.63) is 48.7 Å². The van der Waals surface area contributed by atoms with E-state index in [4.69, 9.17) is 14.0 Å². The van der Waals surface area contributed by atoms with Gasteiger partial charge in [0.05, 0.1) is 0 Å². The van der Waals surface area contributed by atoms with Crippen LogP contribution in [0.1, 0.15) is 0 Å². The topological polar surface area (TPSA) is 73.2 Å². The van der Waals surface area contributed by atoms with E-state index in [2.05, 4.69) is 15.1 Å². The molecule has 6 nitrogen and oxygen atoms in total. The molecule has 2 aromatic carbocycles. The Morgan fingerprint density at radius 2 is 1.83 bits per heavy atom. The Labute approximate surface area is 130 Å². The molecule has 1 N–H and O–H groups in total. The molecule has 6 heteroatoms. The summed E-state index contributed by atoms with van der Waals surface area (Å²) >= 11 is 0. The molecule has 0 bridgehead atoms. The van der Waals surface area contributed by atoms with Gasteiger partial charge in [-0.2, -0.15) is 4.98 Å². The zero-order valence-corrected chi connectivity index (χ0v) is 11.9. The number of aromatic amines is 1. The third-order valence-corrected chi connectivity index (χ3v) is 3.86. The average Bonchev–Trinajstić information content (AvgIpc) is 3.32. The van der Waals surface area contributed by atoms with Crippen molar-refractivity contribution in [2.24, 2.45) is 0 Å². The van der Waals surface area contributed by atoms with E-state index in [9.17, 15) is 0 Å². The van der Waals surface area contributed by atoms with Crippen LogP contribution in [0.5, 0.6) is 11.5 Å². The largest absolute Gasteiger partial charge is 0.454 e. The van der Waals surface area contributed by atoms with Gasteiger partial charge in [-0.1, -0.05) is 11.2 Å². The van der Waals surface area contributed by atoms with E-state index < -0.39 is 0 Å². The van der Waals surface area contributed by atoms with E-state index in [1.807, 2.05) is 48.7 Å². The molecule has 0 amide bonds. The molecule has 1 aliphatic rings. The second kappa shape index (κ2) is 4.61. The highest BCUT2D eigenvalue weighted by Crippen LogP contribution is 2.35. The highest BCUT2D eigenvalue weighted by atomic mass is 16.7. The third kappa shape index (κ3) is 1.96. The summed E-state index contributed by atoms with van der Waals surface area (Å²) in [6, 6.07) is 13.6. The Morgan fingerprint density at radius 1 is 0.913 bits per heavy atom. The van der Waals surface area contributed by atoms with Crippen molar-refractivity contribution in [3.8, 4) is 34.3 Å². The van der Waals surface area contributed by atoms with E-state index in [1.165, 1.54) is 0 Å². The molecule has 0 aliphatic carbocycles. The van der Waals surface area contributed by atoms with Crippen molar-refractivity contribution in [2.75, 3.05) is 6.79 Å². The predicted octanol–water partition coefficient (Wildman–Crippen LogP) is 3.61. The Morgan fingerprint density at radius 3 is 2.83 bits per heavy atom. The quantitative estimate of drug-likeness (QED) is 0.612. The number of hydrogen-bond donors (Lipinski definition) is 1. The van der Waals surface area contributed by atoms with E-state index in [1.54, 1.807) is 0 Å². The first-order valence-corrected chi connectivity index (χ1v) is 7.18. The molecule has 0 saturated carbocycles. The van der Waals surface area contributed by atoms with Crippen LogP contribution >= 0.6 is 0 Å². The summed E-state index contributed by atoms with van der Waals surface area (Å²) in [7, 11) is 0. The normalized spacial score (nSPS) is 12.9. The molecule has 0 spiro atoms. The molecule has 0 saturated heterocycles. The van der Waals surface area contributed by atoms with Crippen LogP contribution in [0.2, 0.25) is 0 Å². The van der Waals surface area contributed by atoms with Gasteiger partial charge in [-0.3, -0.25) is 0 Å². The van der Waals surface area contributed by atoms with Gasteiger partial charge in [-0.15, -0.1) is 0 Å². The summed E-state index contributed by atoms with van der Waals surface area (Å²) in [5, 5.41) is 5.21. The summed E-state index contributed by atoms with van der Waals surface area (Å²) < 4.78 is 16.1. The molecule has 0 radical (unpaired) electrons. The van der Waals surface area contributed by atoms with Crippen LogP contribution < -0.4 is 9.47 Å². The molecule has 0 atom stereocenters. The Hall–Kier alpha value is -3.28. The molecule has 1 aliphatic heterocycles. The van der Waals surface area contributed by atoms with Gasteiger partial charge in [-0.25, -0.2) is 0 Å². The second-order valence-corrected chi connectivity index (χ2v) is 5.27. The van der Waals surface area contributed by atoms with E-state index in [-0.39, 0.29) is 6.79 Å². The smallest absolute Gasteiger partial charge is 0.258 e. The van der Waals surface area contributed by atoms with Gasteiger partial charge in [0.15, 0.2) is 11.5 Å². The number of nitrogens with zero attached hydrogens (tertiary/aromatic N) is 2. The van der Waals surface area contributed by atoms with Gasteiger partial charge < -0.3 is 19.0 Å². The van der Waals surface area contributed by atoms with Gasteiger partial charge in [0.25, 0.3) is 5.89 Å². The first-order valence-electron chi connectivity index (χ1n) is 7.18. The van der Waals surface area contributed by atoms with Gasteiger partial charge in [0.1, 0.15) is 0 Å². The maximum atomic E-state index is 5.40. The lowest BCUT2D eigenvalue weighted by Gasteiger charge is -1.97. The van der Waals surface area contributed by atoms with Gasteiger partial charge >= 0.3 is 0 Å². The lowest BCUT2D eigenvalue weighted by molar-refractivity contribution is 0.174. The fourth-order valence-electron chi connectivity index (χ4n) is 2.67. The van der Waals surface area contributed by atoms with Crippen molar-refractivity contribution in [1.29, 1.82) is 0 Å². The van der Waals surface area contributed by atoms with Crippen LogP contribution in [0.4, 0.5) is 0 Å². The van der Waals surface area contributed by atoms with Gasteiger partial charge in [0.2, 0.25) is 12.6 Å². The first-order chi connectivity index (χ1) is 11.4. The number of nitrogens with one attached hydrogen (secondary N) is 1. The molecular weight excluding hydrogens is 294 g/mol. The van der Waals surface area contributed by atoms with Crippen LogP contribution in [-0.4, -0.2) is 21.9 Å². The maximum Gasteiger partial charge on any atom is 0.258 e. The van der Waals surface area contributed by atoms with Crippen molar-refractivity contribution >= 4 is 10.9 Å². The summed E-state index contributed by atoms with van der Waals surface area (Å²) in [5.41, 5.74) is 2.73.